The molecule has 12 nitrogen and oxygen atoms in total. The summed E-state index contributed by atoms with van der Waals surface area (Å²) in [5, 5.41) is -0.563. The van der Waals surface area contributed by atoms with Gasteiger partial charge in [-0.05, 0) is 18.2 Å². The molecular weight excluding hydrogens is 761 g/mol. The summed E-state index contributed by atoms with van der Waals surface area (Å²) in [5.41, 5.74) is 0.280. The average Bonchev–Trinajstić information content (AvgIpc) is 3.08. The maximum Gasteiger partial charge on any atom is 0.270 e. The largest absolute Gasteiger partial charge is 0.497 e. The molecular formula is C29H22ClF7N6O6S2. The molecule has 22 heteroatoms. The number of nitrogens with zero attached hydrogens (tertiary/aromatic N) is 5. The molecule has 272 valence electrons. The van der Waals surface area contributed by atoms with Crippen LogP contribution < -0.4 is 18.5 Å². The van der Waals surface area contributed by atoms with Crippen LogP contribution >= 0.6 is 11.6 Å². The Morgan fingerprint density at radius 1 is 0.706 bits per heavy atom. The third kappa shape index (κ3) is 9.10. The Hall–Kier alpha value is -5.28. The van der Waals surface area contributed by atoms with E-state index in [1.807, 2.05) is 4.72 Å². The Morgan fingerprint density at radius 3 is 1.84 bits per heavy atom. The summed E-state index contributed by atoms with van der Waals surface area (Å²) in [5.74, 6) is -9.05. The fourth-order valence-corrected chi connectivity index (χ4v) is 6.59. The lowest BCUT2D eigenvalue weighted by Gasteiger charge is -2.23. The first-order valence-electron chi connectivity index (χ1n) is 13.5. The van der Waals surface area contributed by atoms with Gasteiger partial charge < -0.3 is 9.47 Å². The van der Waals surface area contributed by atoms with Crippen molar-refractivity contribution in [1.29, 1.82) is 0 Å². The number of benzene rings is 3. The van der Waals surface area contributed by atoms with Gasteiger partial charge in [-0.3, -0.25) is 0 Å². The first-order chi connectivity index (χ1) is 24.0. The van der Waals surface area contributed by atoms with Crippen LogP contribution in [0.3, 0.4) is 0 Å². The van der Waals surface area contributed by atoms with Crippen molar-refractivity contribution >= 4 is 43.5 Å². The van der Waals surface area contributed by atoms with Gasteiger partial charge in [-0.25, -0.2) is 76.5 Å². The third-order valence-electron chi connectivity index (χ3n) is 6.29. The van der Waals surface area contributed by atoms with E-state index in [0.29, 0.717) is 34.6 Å². The van der Waals surface area contributed by atoms with Gasteiger partial charge in [0.2, 0.25) is 11.9 Å². The SMILES string of the molecule is COc1ccc(CN(c2ncc(F)cn2)S(=O)(=O)c2cc(F)c(F)cc2F)c(OC)c1.O=S(=O)(Nc1ncc(F)cn1)c1cc(Cl)c(F)cc1F.[HH]. The number of halogens is 8. The van der Waals surface area contributed by atoms with E-state index in [4.69, 9.17) is 21.1 Å². The molecule has 0 atom stereocenters. The predicted molar refractivity (Wildman–Crippen MR) is 168 cm³/mol. The molecule has 0 bridgehead atoms. The Morgan fingerprint density at radius 2 is 1.25 bits per heavy atom. The van der Waals surface area contributed by atoms with Gasteiger partial charge in [-0.2, -0.15) is 0 Å². The summed E-state index contributed by atoms with van der Waals surface area (Å²) >= 11 is 5.40. The lowest BCUT2D eigenvalue weighted by molar-refractivity contribution is 0.391. The number of sulfonamides is 2. The highest BCUT2D eigenvalue weighted by atomic mass is 35.5. The fourth-order valence-electron chi connectivity index (χ4n) is 3.91. The Kier molecular flexibility index (Phi) is 11.9. The zero-order valence-electron chi connectivity index (χ0n) is 25.6. The number of nitrogens with one attached hydrogen (secondary N) is 1. The van der Waals surface area contributed by atoms with Crippen LogP contribution in [0.1, 0.15) is 6.99 Å². The Bertz CT molecular complexity index is 2280. The summed E-state index contributed by atoms with van der Waals surface area (Å²) in [4.78, 5) is 11.9. The maximum atomic E-state index is 14.3. The Labute approximate surface area is 291 Å². The molecule has 0 saturated carbocycles. The molecule has 0 spiro atoms. The van der Waals surface area contributed by atoms with Crippen LogP contribution in [0.4, 0.5) is 42.6 Å². The van der Waals surface area contributed by atoms with E-state index in [-0.39, 0.29) is 24.9 Å². The lowest BCUT2D eigenvalue weighted by atomic mass is 10.2. The van der Waals surface area contributed by atoms with Crippen LogP contribution in [-0.4, -0.2) is 51.0 Å². The van der Waals surface area contributed by atoms with E-state index in [2.05, 4.69) is 19.9 Å². The zero-order valence-corrected chi connectivity index (χ0v) is 28.0. The highest BCUT2D eigenvalue weighted by Gasteiger charge is 2.32. The molecule has 2 heterocycles. The predicted octanol–water partition coefficient (Wildman–Crippen LogP) is 6.04. The topological polar surface area (TPSA) is 154 Å². The van der Waals surface area contributed by atoms with Crippen molar-refractivity contribution in [3.05, 3.63) is 119 Å². The van der Waals surface area contributed by atoms with Crippen molar-refractivity contribution in [2.24, 2.45) is 0 Å². The van der Waals surface area contributed by atoms with Crippen molar-refractivity contribution in [3.63, 3.8) is 0 Å². The van der Waals surface area contributed by atoms with Gasteiger partial charge in [-0.15, -0.1) is 0 Å². The standard InChI is InChI=1S/C19H15F4N3O4S.C10H5ClF3N3O2S.H2/c1-29-13-4-3-11(17(5-13)30-2)10-26(19-24-8-12(20)9-25-19)31(27,28)18-7-15(22)14(21)6-16(18)23;11-6-1-9(8(14)2-7(6)13)20(18,19)17-10-15-3-5(12)4-16-10;/h3-9H,10H2,1-2H3;1-4H,(H,15,16,17);1H. The lowest BCUT2D eigenvalue weighted by Crippen LogP contribution is -2.33. The second-order valence-corrected chi connectivity index (χ2v) is 13.5. The highest BCUT2D eigenvalue weighted by Crippen LogP contribution is 2.31. The van der Waals surface area contributed by atoms with Gasteiger partial charge in [0.1, 0.15) is 38.7 Å². The summed E-state index contributed by atoms with van der Waals surface area (Å²) in [6.07, 6.45) is 2.85. The van der Waals surface area contributed by atoms with E-state index < -0.39 is 94.0 Å². The van der Waals surface area contributed by atoms with E-state index in [1.165, 1.54) is 32.4 Å². The maximum absolute atomic E-state index is 14.3. The number of aromatic nitrogens is 4. The minimum atomic E-state index is -4.86. The molecule has 0 amide bonds. The number of anilines is 2. The molecule has 0 aliphatic heterocycles. The van der Waals surface area contributed by atoms with Crippen LogP contribution in [0.15, 0.2) is 77.0 Å². The molecule has 2 aromatic heterocycles. The van der Waals surface area contributed by atoms with Crippen molar-refractivity contribution in [2.45, 2.75) is 16.3 Å². The minimum absolute atomic E-state index is 0. The first-order valence-corrected chi connectivity index (χ1v) is 16.8. The van der Waals surface area contributed by atoms with E-state index >= 15 is 0 Å². The molecule has 3 aromatic carbocycles. The van der Waals surface area contributed by atoms with Crippen LogP contribution in [0, 0.1) is 40.7 Å². The van der Waals surface area contributed by atoms with E-state index in [1.54, 1.807) is 0 Å². The van der Waals surface area contributed by atoms with Crippen molar-refractivity contribution in [3.8, 4) is 11.5 Å². The van der Waals surface area contributed by atoms with E-state index in [9.17, 15) is 47.6 Å². The number of methoxy groups -OCH3 is 2. The minimum Gasteiger partial charge on any atom is -0.497 e. The summed E-state index contributed by atoms with van der Waals surface area (Å²) in [6, 6.07) is 5.74. The quantitative estimate of drug-likeness (QED) is 0.131. The monoisotopic (exact) mass is 782 g/mol. The molecule has 0 saturated heterocycles. The third-order valence-corrected chi connectivity index (χ3v) is 9.67. The second kappa shape index (κ2) is 15.7. The summed E-state index contributed by atoms with van der Waals surface area (Å²) < 4.78 is 156. The second-order valence-electron chi connectivity index (χ2n) is 9.61. The van der Waals surface area contributed by atoms with Crippen molar-refractivity contribution in [1.82, 2.24) is 19.9 Å². The summed E-state index contributed by atoms with van der Waals surface area (Å²) in [7, 11) is -6.52. The fraction of sp³-hybridized carbons (Fsp3) is 0.103. The molecule has 0 aliphatic carbocycles. The molecule has 0 aliphatic rings. The van der Waals surface area contributed by atoms with Crippen molar-refractivity contribution in [2.75, 3.05) is 23.2 Å². The van der Waals surface area contributed by atoms with E-state index in [0.717, 1.165) is 12.4 Å². The van der Waals surface area contributed by atoms with Gasteiger partial charge in [-0.1, -0.05) is 11.6 Å². The molecule has 0 fully saturated rings. The smallest absolute Gasteiger partial charge is 0.270 e. The molecule has 5 rings (SSSR count). The van der Waals surface area contributed by atoms with Gasteiger partial charge >= 0.3 is 0 Å². The van der Waals surface area contributed by atoms with Crippen LogP contribution in [0.25, 0.3) is 0 Å². The average molecular weight is 783 g/mol. The number of ether oxygens (including phenoxy) is 2. The first kappa shape index (κ1) is 38.5. The molecule has 51 heavy (non-hydrogen) atoms. The molecule has 1 N–H and O–H groups in total. The molecule has 0 unspecified atom stereocenters. The van der Waals surface area contributed by atoms with Gasteiger partial charge in [0.05, 0.1) is 50.6 Å². The van der Waals surface area contributed by atoms with Crippen LogP contribution in [0.5, 0.6) is 11.5 Å². The van der Waals surface area contributed by atoms with Crippen molar-refractivity contribution < 1.29 is 58.5 Å². The summed E-state index contributed by atoms with van der Waals surface area (Å²) in [6.45, 7) is -0.500. The molecule has 5 aromatic rings. The van der Waals surface area contributed by atoms with Gasteiger partial charge in [0.25, 0.3) is 20.0 Å². The number of rotatable bonds is 10. The number of hydrogen-bond acceptors (Lipinski definition) is 10. The normalized spacial score (nSPS) is 11.3. The zero-order chi connectivity index (χ0) is 37.7. The van der Waals surface area contributed by atoms with Gasteiger partial charge in [0, 0.05) is 31.3 Å². The van der Waals surface area contributed by atoms with Gasteiger partial charge in [0.15, 0.2) is 23.3 Å². The molecule has 0 radical (unpaired) electrons. The van der Waals surface area contributed by atoms with Crippen LogP contribution in [-0.2, 0) is 26.6 Å². The Balaban J connectivity index is 0.000000301. The van der Waals surface area contributed by atoms with Crippen LogP contribution in [0.2, 0.25) is 5.02 Å². The highest BCUT2D eigenvalue weighted by molar-refractivity contribution is 7.93. The number of hydrogen-bond donors (Lipinski definition) is 1.